The van der Waals surface area contributed by atoms with E-state index in [1.54, 1.807) is 11.0 Å². The molecule has 1 unspecified atom stereocenters. The Kier molecular flexibility index (Phi) is 5.99. The second-order valence-electron chi connectivity index (χ2n) is 9.18. The topological polar surface area (TPSA) is 55.1 Å². The number of amides is 2. The third-order valence-corrected chi connectivity index (χ3v) is 6.82. The number of hydrogen-bond donors (Lipinski definition) is 1. The van der Waals surface area contributed by atoms with Gasteiger partial charge >= 0.3 is 6.03 Å². The van der Waals surface area contributed by atoms with Gasteiger partial charge in [-0.3, -0.25) is 0 Å². The zero-order chi connectivity index (χ0) is 26.2. The molecule has 0 aliphatic carbocycles. The van der Waals surface area contributed by atoms with Crippen molar-refractivity contribution in [3.63, 3.8) is 0 Å². The Bertz CT molecular complexity index is 1610. The number of carbonyl (C=O) groups is 1. The highest BCUT2D eigenvalue weighted by Gasteiger charge is 2.36. The molecule has 6 nitrogen and oxygen atoms in total. The van der Waals surface area contributed by atoms with Gasteiger partial charge in [-0.1, -0.05) is 37.3 Å². The normalized spacial score (nSPS) is 14.5. The molecule has 1 aliphatic heterocycles. The summed E-state index contributed by atoms with van der Waals surface area (Å²) in [5.74, 6) is 0.0660. The minimum atomic E-state index is -0.595. The molecule has 0 bridgehead atoms. The van der Waals surface area contributed by atoms with Crippen molar-refractivity contribution in [3.05, 3.63) is 131 Å². The minimum Gasteiger partial charge on any atom is -0.308 e. The summed E-state index contributed by atoms with van der Waals surface area (Å²) < 4.78 is 31.9. The van der Waals surface area contributed by atoms with E-state index in [0.717, 1.165) is 28.5 Å². The summed E-state index contributed by atoms with van der Waals surface area (Å²) in [4.78, 5) is 15.6. The van der Waals surface area contributed by atoms with E-state index in [9.17, 15) is 13.6 Å². The summed E-state index contributed by atoms with van der Waals surface area (Å²) >= 11 is 0. The summed E-state index contributed by atoms with van der Waals surface area (Å²) in [5, 5.41) is 7.84. The van der Waals surface area contributed by atoms with Crippen LogP contribution in [-0.2, 0) is 13.0 Å². The molecule has 0 fully saturated rings. The van der Waals surface area contributed by atoms with Crippen molar-refractivity contribution in [2.75, 3.05) is 5.32 Å². The van der Waals surface area contributed by atoms with Crippen LogP contribution in [0.3, 0.4) is 0 Å². The number of aryl methyl sites for hydroxylation is 1. The molecular formula is C30H25F2N5O. The molecule has 1 N–H and O–H groups in total. The van der Waals surface area contributed by atoms with Crippen LogP contribution < -0.4 is 5.32 Å². The lowest BCUT2D eigenvalue weighted by Gasteiger charge is -2.31. The molecule has 6 rings (SSSR count). The van der Waals surface area contributed by atoms with Crippen LogP contribution in [-0.4, -0.2) is 25.3 Å². The van der Waals surface area contributed by atoms with Crippen molar-refractivity contribution in [1.29, 1.82) is 0 Å². The van der Waals surface area contributed by atoms with Crippen molar-refractivity contribution in [2.45, 2.75) is 25.9 Å². The molecule has 3 heterocycles. The SMILES string of the molecule is CCc1nn(-c2ccccc2)c2c1CN(C(=O)Nc1ccc(F)cc1)C(c1cccc(F)c1)c1cccn1-2. The fourth-order valence-electron chi connectivity index (χ4n) is 5.10. The smallest absolute Gasteiger partial charge is 0.308 e. The maximum Gasteiger partial charge on any atom is 0.322 e. The van der Waals surface area contributed by atoms with E-state index < -0.39 is 11.9 Å². The first-order valence-electron chi connectivity index (χ1n) is 12.5. The molecule has 5 aromatic rings. The van der Waals surface area contributed by atoms with E-state index in [1.807, 2.05) is 70.9 Å². The Morgan fingerprint density at radius 1 is 0.947 bits per heavy atom. The van der Waals surface area contributed by atoms with Gasteiger partial charge in [-0.25, -0.2) is 18.3 Å². The molecule has 190 valence electrons. The molecular weight excluding hydrogens is 484 g/mol. The predicted molar refractivity (Wildman–Crippen MR) is 141 cm³/mol. The molecule has 2 aromatic heterocycles. The molecule has 0 spiro atoms. The van der Waals surface area contributed by atoms with Crippen LogP contribution in [0.5, 0.6) is 0 Å². The van der Waals surface area contributed by atoms with Gasteiger partial charge in [-0.15, -0.1) is 0 Å². The average Bonchev–Trinajstić information content (AvgIpc) is 3.51. The fraction of sp³-hybridized carbons (Fsp3) is 0.133. The Hall–Kier alpha value is -4.72. The van der Waals surface area contributed by atoms with E-state index in [4.69, 9.17) is 5.10 Å². The highest BCUT2D eigenvalue weighted by Crippen LogP contribution is 2.39. The van der Waals surface area contributed by atoms with E-state index >= 15 is 0 Å². The first-order chi connectivity index (χ1) is 18.5. The zero-order valence-corrected chi connectivity index (χ0v) is 20.7. The van der Waals surface area contributed by atoms with E-state index in [-0.39, 0.29) is 18.4 Å². The number of anilines is 1. The average molecular weight is 510 g/mol. The van der Waals surface area contributed by atoms with Gasteiger partial charge in [0.25, 0.3) is 0 Å². The lowest BCUT2D eigenvalue weighted by molar-refractivity contribution is 0.194. The molecule has 0 saturated carbocycles. The number of carbonyl (C=O) groups excluding carboxylic acids is 1. The van der Waals surface area contributed by atoms with Crippen LogP contribution in [0.4, 0.5) is 19.3 Å². The van der Waals surface area contributed by atoms with Crippen molar-refractivity contribution in [2.24, 2.45) is 0 Å². The lowest BCUT2D eigenvalue weighted by atomic mass is 10.0. The van der Waals surface area contributed by atoms with E-state index in [2.05, 4.69) is 5.32 Å². The Morgan fingerprint density at radius 2 is 1.74 bits per heavy atom. The second kappa shape index (κ2) is 9.63. The summed E-state index contributed by atoms with van der Waals surface area (Å²) in [6.45, 7) is 2.27. The van der Waals surface area contributed by atoms with Gasteiger partial charge < -0.3 is 14.8 Å². The first-order valence-corrected chi connectivity index (χ1v) is 12.5. The van der Waals surface area contributed by atoms with Crippen molar-refractivity contribution in [3.8, 4) is 11.5 Å². The summed E-state index contributed by atoms with van der Waals surface area (Å²) in [7, 11) is 0. The molecule has 38 heavy (non-hydrogen) atoms. The van der Waals surface area contributed by atoms with Crippen LogP contribution in [0.25, 0.3) is 11.5 Å². The summed E-state index contributed by atoms with van der Waals surface area (Å²) in [6.07, 6.45) is 2.61. The van der Waals surface area contributed by atoms with E-state index in [0.29, 0.717) is 17.7 Å². The Morgan fingerprint density at radius 3 is 2.47 bits per heavy atom. The lowest BCUT2D eigenvalue weighted by Crippen LogP contribution is -2.38. The van der Waals surface area contributed by atoms with Crippen LogP contribution in [0, 0.1) is 11.6 Å². The number of rotatable bonds is 4. The number of nitrogens with zero attached hydrogens (tertiary/aromatic N) is 4. The number of hydrogen-bond acceptors (Lipinski definition) is 2. The zero-order valence-electron chi connectivity index (χ0n) is 20.7. The minimum absolute atomic E-state index is 0.237. The van der Waals surface area contributed by atoms with Gasteiger partial charge in [-0.2, -0.15) is 5.10 Å². The van der Waals surface area contributed by atoms with Crippen molar-refractivity contribution < 1.29 is 13.6 Å². The van der Waals surface area contributed by atoms with Crippen molar-refractivity contribution >= 4 is 11.7 Å². The van der Waals surface area contributed by atoms with Gasteiger partial charge in [0, 0.05) is 17.4 Å². The standard InChI is InChI=1S/C30H25F2N5O/c1-2-26-25-19-36(30(38)33-23-15-13-21(31)14-16-23)28(20-8-6-9-22(32)18-20)27-12-7-17-35(27)29(25)37(34-26)24-10-4-3-5-11-24/h3-18,28H,2,19H2,1H3,(H,33,38). The number of fused-ring (bicyclic) bond motifs is 3. The molecule has 3 aromatic carbocycles. The number of halogens is 2. The van der Waals surface area contributed by atoms with Crippen LogP contribution in [0.15, 0.2) is 97.2 Å². The maximum absolute atomic E-state index is 14.5. The molecule has 1 aliphatic rings. The van der Waals surface area contributed by atoms with Gasteiger partial charge in [0.15, 0.2) is 0 Å². The van der Waals surface area contributed by atoms with Gasteiger partial charge in [-0.05, 0) is 72.6 Å². The predicted octanol–water partition coefficient (Wildman–Crippen LogP) is 6.64. The number of urea groups is 1. The largest absolute Gasteiger partial charge is 0.322 e. The van der Waals surface area contributed by atoms with Crippen molar-refractivity contribution in [1.82, 2.24) is 19.2 Å². The number of benzene rings is 3. The molecule has 2 amide bonds. The summed E-state index contributed by atoms with van der Waals surface area (Å²) in [5.41, 5.74) is 4.56. The highest BCUT2D eigenvalue weighted by molar-refractivity contribution is 5.90. The number of nitrogens with one attached hydrogen (secondary N) is 1. The van der Waals surface area contributed by atoms with E-state index in [1.165, 1.54) is 36.4 Å². The third-order valence-electron chi connectivity index (χ3n) is 6.82. The number of para-hydroxylation sites is 1. The molecule has 0 radical (unpaired) electrons. The quantitative estimate of drug-likeness (QED) is 0.295. The van der Waals surface area contributed by atoms with Gasteiger partial charge in [0.1, 0.15) is 17.5 Å². The Labute approximate surface area is 218 Å². The number of aromatic nitrogens is 3. The molecule has 1 atom stereocenters. The monoisotopic (exact) mass is 509 g/mol. The van der Waals surface area contributed by atoms with Crippen LogP contribution in [0.1, 0.15) is 35.5 Å². The first kappa shape index (κ1) is 23.7. The maximum atomic E-state index is 14.5. The second-order valence-corrected chi connectivity index (χ2v) is 9.18. The fourth-order valence-corrected chi connectivity index (χ4v) is 5.10. The summed E-state index contributed by atoms with van der Waals surface area (Å²) in [6, 6.07) is 24.7. The van der Waals surface area contributed by atoms with Crippen LogP contribution in [0.2, 0.25) is 0 Å². The highest BCUT2D eigenvalue weighted by atomic mass is 19.1. The molecule has 0 saturated heterocycles. The van der Waals surface area contributed by atoms with Crippen LogP contribution >= 0.6 is 0 Å². The van der Waals surface area contributed by atoms with Gasteiger partial charge in [0.05, 0.1) is 29.7 Å². The Balaban J connectivity index is 1.55. The molecule has 8 heteroatoms. The third kappa shape index (κ3) is 4.14. The van der Waals surface area contributed by atoms with Gasteiger partial charge in [0.2, 0.25) is 0 Å².